The number of fused-ring (bicyclic) bond motifs is 1. The van der Waals surface area contributed by atoms with Crippen molar-refractivity contribution in [2.45, 2.75) is 51.9 Å². The fourth-order valence-corrected chi connectivity index (χ4v) is 2.29. The summed E-state index contributed by atoms with van der Waals surface area (Å²) in [5.41, 5.74) is 0.663. The van der Waals surface area contributed by atoms with Crippen molar-refractivity contribution in [3.05, 3.63) is 12.4 Å². The molecule has 0 amide bonds. The lowest BCUT2D eigenvalue weighted by Gasteiger charge is -2.08. The average molecular weight is 252 g/mol. The van der Waals surface area contributed by atoms with Crippen LogP contribution in [0.3, 0.4) is 0 Å². The predicted octanol–water partition coefficient (Wildman–Crippen LogP) is 0.565. The van der Waals surface area contributed by atoms with Crippen molar-refractivity contribution >= 4 is 12.6 Å². The van der Waals surface area contributed by atoms with Gasteiger partial charge in [-0.3, -0.25) is 4.68 Å². The zero-order chi connectivity index (χ0) is 13.4. The first-order valence-corrected chi connectivity index (χ1v) is 6.55. The van der Waals surface area contributed by atoms with E-state index in [-0.39, 0.29) is 24.9 Å². The average Bonchev–Trinajstić information content (AvgIpc) is 2.73. The summed E-state index contributed by atoms with van der Waals surface area (Å²) in [6, 6.07) is 0. The zero-order valence-corrected chi connectivity index (χ0v) is 11.5. The van der Waals surface area contributed by atoms with Crippen LogP contribution in [0.5, 0.6) is 0 Å². The van der Waals surface area contributed by atoms with Gasteiger partial charge >= 0.3 is 7.12 Å². The fraction of sp³-hybridized carbons (Fsp3) is 0.750. The number of aliphatic hydroxyl groups excluding tert-OH is 1. The summed E-state index contributed by atoms with van der Waals surface area (Å²) in [4.78, 5) is 0. The second kappa shape index (κ2) is 4.68. The van der Waals surface area contributed by atoms with Gasteiger partial charge in [-0.2, -0.15) is 5.10 Å². The number of aromatic nitrogens is 2. The Labute approximate surface area is 108 Å². The first kappa shape index (κ1) is 13.6. The van der Waals surface area contributed by atoms with E-state index in [1.807, 2.05) is 20.0 Å². The van der Waals surface area contributed by atoms with E-state index in [1.54, 1.807) is 10.9 Å². The van der Waals surface area contributed by atoms with Gasteiger partial charge in [-0.25, -0.2) is 0 Å². The second-order valence-corrected chi connectivity index (χ2v) is 4.97. The van der Waals surface area contributed by atoms with Crippen LogP contribution in [0.25, 0.3) is 0 Å². The lowest BCUT2D eigenvalue weighted by molar-refractivity contribution is 0.187. The van der Waals surface area contributed by atoms with Gasteiger partial charge in [0.15, 0.2) is 0 Å². The van der Waals surface area contributed by atoms with Gasteiger partial charge in [0.25, 0.3) is 0 Å². The molecule has 100 valence electrons. The highest BCUT2D eigenvalue weighted by molar-refractivity contribution is 6.62. The largest absolute Gasteiger partial charge is 0.498 e. The molecule has 6 heteroatoms. The first-order chi connectivity index (χ1) is 8.56. The van der Waals surface area contributed by atoms with Crippen LogP contribution in [0.4, 0.5) is 0 Å². The van der Waals surface area contributed by atoms with Crippen LogP contribution in [0.1, 0.15) is 34.1 Å². The Morgan fingerprint density at radius 2 is 2.00 bits per heavy atom. The number of aliphatic hydroxyl groups is 1. The van der Waals surface area contributed by atoms with Gasteiger partial charge in [0.1, 0.15) is 0 Å². The standard InChI is InChI=1S/C10H15BN2O3.C2H6/c1-9-7-10(9,2)16-11(15-9)8-5-12-13(6-8)3-4-14;1-2/h5-6,14H,3-4,7H2,1-2H3;1-2H3. The van der Waals surface area contributed by atoms with Crippen LogP contribution >= 0.6 is 0 Å². The summed E-state index contributed by atoms with van der Waals surface area (Å²) < 4.78 is 13.4. The monoisotopic (exact) mass is 252 g/mol. The summed E-state index contributed by atoms with van der Waals surface area (Å²) in [6.45, 7) is 8.74. The minimum atomic E-state index is -0.309. The quantitative estimate of drug-likeness (QED) is 0.799. The van der Waals surface area contributed by atoms with Crippen molar-refractivity contribution in [1.29, 1.82) is 0 Å². The predicted molar refractivity (Wildman–Crippen MR) is 69.6 cm³/mol. The molecule has 2 heterocycles. The van der Waals surface area contributed by atoms with E-state index >= 15 is 0 Å². The van der Waals surface area contributed by atoms with E-state index in [2.05, 4.69) is 18.9 Å². The lowest BCUT2D eigenvalue weighted by atomic mass is 9.81. The summed E-state index contributed by atoms with van der Waals surface area (Å²) in [6.07, 6.45) is 4.55. The van der Waals surface area contributed by atoms with E-state index in [1.165, 1.54) is 0 Å². The van der Waals surface area contributed by atoms with E-state index in [4.69, 9.17) is 14.4 Å². The van der Waals surface area contributed by atoms with Gasteiger partial charge in [0.05, 0.1) is 24.4 Å². The van der Waals surface area contributed by atoms with Gasteiger partial charge in [-0.15, -0.1) is 0 Å². The highest BCUT2D eigenvalue weighted by Gasteiger charge is 2.71. The molecule has 1 aromatic heterocycles. The molecule has 0 spiro atoms. The number of nitrogens with zero attached hydrogens (tertiary/aromatic N) is 2. The van der Waals surface area contributed by atoms with Gasteiger partial charge in [-0.1, -0.05) is 13.8 Å². The third-order valence-corrected chi connectivity index (χ3v) is 3.66. The SMILES string of the molecule is CC.CC12CC1(C)OB(c1cnn(CCO)c1)O2. The lowest BCUT2D eigenvalue weighted by Crippen LogP contribution is -2.35. The minimum Gasteiger partial charge on any atom is -0.399 e. The molecule has 0 bridgehead atoms. The molecule has 1 aromatic rings. The number of hydrogen-bond acceptors (Lipinski definition) is 4. The second-order valence-electron chi connectivity index (χ2n) is 4.97. The third kappa shape index (κ3) is 2.09. The molecule has 18 heavy (non-hydrogen) atoms. The Balaban J connectivity index is 0.000000574. The summed E-state index contributed by atoms with van der Waals surface area (Å²) in [7, 11) is -0.309. The molecule has 1 N–H and O–H groups in total. The molecular formula is C12H21BN2O3. The zero-order valence-electron chi connectivity index (χ0n) is 11.5. The molecule has 2 unspecified atom stereocenters. The summed E-state index contributed by atoms with van der Waals surface area (Å²) in [5, 5.41) is 12.9. The molecule has 2 aliphatic rings. The Kier molecular flexibility index (Phi) is 3.53. The van der Waals surface area contributed by atoms with Crippen LogP contribution in [0.15, 0.2) is 12.4 Å². The van der Waals surface area contributed by atoms with Crippen LogP contribution < -0.4 is 5.46 Å². The van der Waals surface area contributed by atoms with Crippen molar-refractivity contribution in [1.82, 2.24) is 9.78 Å². The van der Waals surface area contributed by atoms with E-state index in [9.17, 15) is 0 Å². The van der Waals surface area contributed by atoms with Crippen LogP contribution in [0, 0.1) is 0 Å². The minimum absolute atomic E-state index is 0.0862. The molecule has 1 saturated heterocycles. The summed E-state index contributed by atoms with van der Waals surface area (Å²) in [5.74, 6) is 0. The van der Waals surface area contributed by atoms with Gasteiger partial charge < -0.3 is 14.4 Å². The van der Waals surface area contributed by atoms with Crippen molar-refractivity contribution in [3.8, 4) is 0 Å². The summed E-state index contributed by atoms with van der Waals surface area (Å²) >= 11 is 0. The molecule has 3 rings (SSSR count). The Morgan fingerprint density at radius 1 is 1.39 bits per heavy atom. The topological polar surface area (TPSA) is 56.5 Å². The van der Waals surface area contributed by atoms with Gasteiger partial charge in [0, 0.05) is 24.3 Å². The maximum Gasteiger partial charge on any atom is 0.498 e. The highest BCUT2D eigenvalue weighted by Crippen LogP contribution is 2.58. The van der Waals surface area contributed by atoms with E-state index in [0.717, 1.165) is 11.9 Å². The molecule has 1 aliphatic heterocycles. The Bertz CT molecular complexity index is 409. The number of rotatable bonds is 3. The molecule has 0 aromatic carbocycles. The molecule has 0 radical (unpaired) electrons. The maximum absolute atomic E-state index is 8.80. The molecular weight excluding hydrogens is 231 g/mol. The van der Waals surface area contributed by atoms with Crippen molar-refractivity contribution in [2.24, 2.45) is 0 Å². The molecule has 5 nitrogen and oxygen atoms in total. The van der Waals surface area contributed by atoms with Gasteiger partial charge in [-0.05, 0) is 13.8 Å². The van der Waals surface area contributed by atoms with Crippen LogP contribution in [-0.2, 0) is 15.9 Å². The van der Waals surface area contributed by atoms with Crippen LogP contribution in [0.2, 0.25) is 0 Å². The van der Waals surface area contributed by atoms with E-state index in [0.29, 0.717) is 6.54 Å². The van der Waals surface area contributed by atoms with E-state index < -0.39 is 0 Å². The Hall–Kier alpha value is -0.845. The number of hydrogen-bond donors (Lipinski definition) is 1. The molecule has 2 atom stereocenters. The smallest absolute Gasteiger partial charge is 0.399 e. The molecule has 2 fully saturated rings. The normalized spacial score (nSPS) is 32.8. The molecule has 1 aliphatic carbocycles. The first-order valence-electron chi connectivity index (χ1n) is 6.55. The maximum atomic E-state index is 8.80. The van der Waals surface area contributed by atoms with Crippen molar-refractivity contribution < 1.29 is 14.4 Å². The van der Waals surface area contributed by atoms with Gasteiger partial charge in [0.2, 0.25) is 0 Å². The van der Waals surface area contributed by atoms with Crippen molar-refractivity contribution in [3.63, 3.8) is 0 Å². The third-order valence-electron chi connectivity index (χ3n) is 3.66. The fourth-order valence-electron chi connectivity index (χ4n) is 2.29. The highest BCUT2D eigenvalue weighted by atomic mass is 16.7. The van der Waals surface area contributed by atoms with Crippen molar-refractivity contribution in [2.75, 3.05) is 6.61 Å². The Morgan fingerprint density at radius 3 is 2.56 bits per heavy atom. The van der Waals surface area contributed by atoms with Crippen LogP contribution in [-0.4, -0.2) is 39.8 Å². The molecule has 1 saturated carbocycles.